The third-order valence-corrected chi connectivity index (χ3v) is 7.27. The number of carbonyl (C=O) groups excluding carboxylic acids is 3. The molecule has 0 heterocycles. The summed E-state index contributed by atoms with van der Waals surface area (Å²) >= 11 is 17.3. The molecule has 2 aromatic carbocycles. The van der Waals surface area contributed by atoms with Crippen molar-refractivity contribution in [3.8, 4) is 0 Å². The molecule has 2 aromatic rings. The van der Waals surface area contributed by atoms with Crippen LogP contribution in [0.5, 0.6) is 0 Å². The number of amides is 2. The zero-order valence-corrected chi connectivity index (χ0v) is 27.3. The zero-order chi connectivity index (χ0) is 37.2. The first-order valence-corrected chi connectivity index (χ1v) is 14.4. The molecule has 0 radical (unpaired) electrons. The lowest BCUT2D eigenvalue weighted by molar-refractivity contribution is -0.169. The van der Waals surface area contributed by atoms with Gasteiger partial charge in [-0.3, -0.25) is 9.59 Å². The molecular weight excluding hydrogens is 737 g/mol. The monoisotopic (exact) mass is 760 g/mol. The van der Waals surface area contributed by atoms with Gasteiger partial charge in [-0.05, 0) is 50.6 Å². The second-order valence-electron chi connectivity index (χ2n) is 11.3. The normalized spacial score (nSPS) is 14.3. The number of hydrogen-bond donors (Lipinski definition) is 1. The van der Waals surface area contributed by atoms with Crippen LogP contribution in [0.2, 0.25) is 15.1 Å². The minimum atomic E-state index is -5.39. The summed E-state index contributed by atoms with van der Waals surface area (Å²) in [5.41, 5.74) is -4.30. The fraction of sp³-hybridized carbons (Fsp3) is 0.414. The highest BCUT2D eigenvalue weighted by Crippen LogP contribution is 2.43. The Morgan fingerprint density at radius 3 is 1.92 bits per heavy atom. The van der Waals surface area contributed by atoms with E-state index in [2.05, 4.69) is 0 Å². The van der Waals surface area contributed by atoms with Crippen LogP contribution in [0.15, 0.2) is 36.4 Å². The Balaban J connectivity index is 2.46. The highest BCUT2D eigenvalue weighted by molar-refractivity contribution is 6.48. The largest absolute Gasteiger partial charge is 0.443 e. The number of allylic oxidation sites excluding steroid dienone is 1. The van der Waals surface area contributed by atoms with Gasteiger partial charge in [-0.2, -0.15) is 39.5 Å². The molecule has 0 fully saturated rings. The Labute approximate surface area is 281 Å². The Kier molecular flexibility index (Phi) is 12.9. The molecule has 0 bridgehead atoms. The number of carbonyl (C=O) groups is 3. The zero-order valence-electron chi connectivity index (χ0n) is 25.0. The van der Waals surface area contributed by atoms with E-state index >= 15 is 4.39 Å². The molecule has 6 nitrogen and oxygen atoms in total. The van der Waals surface area contributed by atoms with Gasteiger partial charge in [-0.1, -0.05) is 53.9 Å². The number of ketones is 1. The van der Waals surface area contributed by atoms with Gasteiger partial charge in [0.25, 0.3) is 0 Å². The van der Waals surface area contributed by atoms with Crippen LogP contribution in [0.1, 0.15) is 67.1 Å². The van der Waals surface area contributed by atoms with Crippen molar-refractivity contribution in [2.24, 2.45) is 5.92 Å². The Bertz CT molecular complexity index is 1550. The van der Waals surface area contributed by atoms with Crippen molar-refractivity contribution in [1.29, 1.82) is 0 Å². The van der Waals surface area contributed by atoms with E-state index in [1.807, 2.05) is 0 Å². The molecule has 2 amide bonds. The summed E-state index contributed by atoms with van der Waals surface area (Å²) in [6.45, 7) is 2.96. The Morgan fingerprint density at radius 1 is 0.917 bits per heavy atom. The highest BCUT2D eigenvalue weighted by Gasteiger charge is 2.42. The first-order chi connectivity index (χ1) is 21.6. The first kappa shape index (κ1) is 40.9. The smallest absolute Gasteiger partial charge is 0.426 e. The van der Waals surface area contributed by atoms with Crippen LogP contribution in [0, 0.1) is 5.92 Å². The van der Waals surface area contributed by atoms with E-state index < -0.39 is 105 Å². The van der Waals surface area contributed by atoms with Crippen LogP contribution in [-0.2, 0) is 15.7 Å². The topological polar surface area (TPSA) is 75.7 Å². The summed E-state index contributed by atoms with van der Waals surface area (Å²) in [6, 6.07) is 2.54. The van der Waals surface area contributed by atoms with Crippen LogP contribution in [0.25, 0.3) is 5.83 Å². The quantitative estimate of drug-likeness (QED) is 0.126. The Morgan fingerprint density at radius 2 is 1.46 bits per heavy atom. The number of benzene rings is 2. The lowest BCUT2D eigenvalue weighted by atomic mass is 9.92. The summed E-state index contributed by atoms with van der Waals surface area (Å²) in [6.07, 6.45) is -18.3. The average molecular weight is 762 g/mol. The summed E-state index contributed by atoms with van der Waals surface area (Å²) in [5, 5.41) is -1.34. The van der Waals surface area contributed by atoms with Crippen LogP contribution in [0.3, 0.4) is 0 Å². The number of hydrogen-bond acceptors (Lipinski definition) is 4. The summed E-state index contributed by atoms with van der Waals surface area (Å²) < 4.78 is 143. The molecule has 19 heteroatoms. The fourth-order valence-corrected chi connectivity index (χ4v) is 4.66. The maximum absolute atomic E-state index is 15.2. The second kappa shape index (κ2) is 15.1. The number of Topliss-reactive ketones (excluding diaryl/α,β-unsaturated/α-hetero) is 1. The number of rotatable bonds is 8. The third kappa shape index (κ3) is 11.7. The van der Waals surface area contributed by atoms with Crippen LogP contribution >= 0.6 is 34.8 Å². The van der Waals surface area contributed by atoms with E-state index in [9.17, 15) is 53.9 Å². The minimum absolute atomic E-state index is 0.0411. The van der Waals surface area contributed by atoms with Gasteiger partial charge in [0.05, 0.1) is 20.6 Å². The molecule has 48 heavy (non-hydrogen) atoms. The molecule has 0 aromatic heterocycles. The van der Waals surface area contributed by atoms with Gasteiger partial charge in [-0.25, -0.2) is 19.6 Å². The predicted octanol–water partition coefficient (Wildman–Crippen LogP) is 10.4. The van der Waals surface area contributed by atoms with Crippen LogP contribution < -0.4 is 5.43 Å². The van der Waals surface area contributed by atoms with E-state index in [-0.39, 0.29) is 22.2 Å². The summed E-state index contributed by atoms with van der Waals surface area (Å²) in [7, 11) is 0. The molecule has 0 aliphatic heterocycles. The van der Waals surface area contributed by atoms with E-state index in [4.69, 9.17) is 39.5 Å². The Hall–Kier alpha value is -3.24. The molecular formula is C29H25Cl3F10N2O4. The molecule has 2 rings (SSSR count). The van der Waals surface area contributed by atoms with Gasteiger partial charge < -0.3 is 4.74 Å². The summed E-state index contributed by atoms with van der Waals surface area (Å²) in [5.74, 6) is -9.27. The molecule has 0 saturated carbocycles. The first-order valence-electron chi connectivity index (χ1n) is 13.3. The second-order valence-corrected chi connectivity index (χ2v) is 12.5. The highest BCUT2D eigenvalue weighted by atomic mass is 35.5. The van der Waals surface area contributed by atoms with Gasteiger partial charge in [0.1, 0.15) is 23.9 Å². The van der Waals surface area contributed by atoms with Crippen molar-refractivity contribution in [2.75, 3.05) is 6.54 Å². The standard InChI is InChI=1S/C29H25Cl3F10N2O4/c1-13(24(46)44(12-27(34,35)36)43-25(47)48-26(2,3)4)7-22(45)16-6-5-14(8-18(16)29(40,41)42)21(33)11-17(28(37,38)39)15-9-19(30)23(32)20(31)10-15/h5-6,8-11,13,17H,7,12H2,1-4H3,(H,43,47)/b21-11-/t13-,17?/m0/s1. The minimum Gasteiger partial charge on any atom is -0.443 e. The van der Waals surface area contributed by atoms with Crippen molar-refractivity contribution in [3.63, 3.8) is 0 Å². The molecule has 0 spiro atoms. The third-order valence-electron chi connectivity index (χ3n) is 6.07. The molecule has 266 valence electrons. The molecule has 2 atom stereocenters. The van der Waals surface area contributed by atoms with Gasteiger partial charge in [0, 0.05) is 23.5 Å². The lowest BCUT2D eigenvalue weighted by Crippen LogP contribution is -2.53. The number of ether oxygens (including phenoxy) is 1. The van der Waals surface area contributed by atoms with Gasteiger partial charge >= 0.3 is 24.6 Å². The number of nitrogens with one attached hydrogen (secondary N) is 1. The molecule has 0 saturated heterocycles. The fourth-order valence-electron chi connectivity index (χ4n) is 4.05. The molecule has 0 aliphatic carbocycles. The molecule has 1 unspecified atom stereocenters. The van der Waals surface area contributed by atoms with Gasteiger partial charge in [0.15, 0.2) is 5.78 Å². The van der Waals surface area contributed by atoms with Crippen LogP contribution in [-0.4, -0.2) is 47.3 Å². The molecule has 1 N–H and O–H groups in total. The van der Waals surface area contributed by atoms with E-state index in [1.54, 1.807) is 5.43 Å². The van der Waals surface area contributed by atoms with Crippen molar-refractivity contribution >= 4 is 58.4 Å². The van der Waals surface area contributed by atoms with Crippen molar-refractivity contribution < 1.29 is 63.0 Å². The maximum Gasteiger partial charge on any atom is 0.426 e. The van der Waals surface area contributed by atoms with Gasteiger partial charge in [0.2, 0.25) is 5.91 Å². The number of halogens is 13. The van der Waals surface area contributed by atoms with Crippen molar-refractivity contribution in [1.82, 2.24) is 10.4 Å². The average Bonchev–Trinajstić information content (AvgIpc) is 2.90. The molecule has 0 aliphatic rings. The number of hydrazine groups is 1. The van der Waals surface area contributed by atoms with Crippen LogP contribution in [0.4, 0.5) is 48.7 Å². The van der Waals surface area contributed by atoms with E-state index in [0.29, 0.717) is 12.1 Å². The predicted molar refractivity (Wildman–Crippen MR) is 156 cm³/mol. The number of alkyl halides is 9. The lowest BCUT2D eigenvalue weighted by Gasteiger charge is -2.28. The SMILES string of the molecule is C[C@@H](CC(=O)c1ccc(/C(F)=C/C(c2cc(Cl)c(Cl)c(Cl)c2)C(F)(F)F)cc1C(F)(F)F)C(=O)N(CC(F)(F)F)NC(=O)OC(C)(C)C. The van der Waals surface area contributed by atoms with Crippen molar-refractivity contribution in [3.05, 3.63) is 73.7 Å². The maximum atomic E-state index is 15.2. The number of nitrogens with zero attached hydrogens (tertiary/aromatic N) is 1. The van der Waals surface area contributed by atoms with E-state index in [0.717, 1.165) is 19.1 Å². The van der Waals surface area contributed by atoms with Gasteiger partial charge in [-0.15, -0.1) is 0 Å². The van der Waals surface area contributed by atoms with Crippen molar-refractivity contribution in [2.45, 2.75) is 64.2 Å². The summed E-state index contributed by atoms with van der Waals surface area (Å²) in [4.78, 5) is 37.7. The van der Waals surface area contributed by atoms with E-state index in [1.165, 1.54) is 20.8 Å².